The summed E-state index contributed by atoms with van der Waals surface area (Å²) in [5.41, 5.74) is 6.71. The van der Waals surface area contributed by atoms with Gasteiger partial charge in [-0.3, -0.25) is 0 Å². The molecule has 0 spiro atoms. The molecule has 0 N–H and O–H groups in total. The van der Waals surface area contributed by atoms with Crippen LogP contribution in [0, 0.1) is 11.6 Å². The maximum absolute atomic E-state index is 14.9. The number of benzene rings is 4. The van der Waals surface area contributed by atoms with Crippen molar-refractivity contribution in [2.24, 2.45) is 0 Å². The van der Waals surface area contributed by atoms with Gasteiger partial charge in [-0.2, -0.15) is 4.39 Å². The van der Waals surface area contributed by atoms with Crippen LogP contribution in [0.4, 0.5) is 8.78 Å². The van der Waals surface area contributed by atoms with E-state index in [9.17, 15) is 8.78 Å². The van der Waals surface area contributed by atoms with Crippen molar-refractivity contribution in [1.29, 1.82) is 0 Å². The lowest BCUT2D eigenvalue weighted by Gasteiger charge is -2.11. The molecule has 1 nitrogen and oxygen atoms in total. The minimum Gasteiger partial charge on any atom is -0.490 e. The summed E-state index contributed by atoms with van der Waals surface area (Å²) in [6.45, 7) is 4.78. The Hall–Kier alpha value is -3.46. The highest BCUT2D eigenvalue weighted by Gasteiger charge is 2.16. The van der Waals surface area contributed by atoms with Crippen LogP contribution in [0.1, 0.15) is 64.4 Å². The number of hydrogen-bond donors (Lipinski definition) is 0. The molecule has 4 aromatic carbocycles. The van der Waals surface area contributed by atoms with Crippen molar-refractivity contribution < 1.29 is 13.5 Å². The number of aryl methyl sites for hydroxylation is 1. The van der Waals surface area contributed by atoms with Gasteiger partial charge in [0, 0.05) is 5.56 Å². The minimum atomic E-state index is -0.920. The molecule has 0 aromatic heterocycles. The van der Waals surface area contributed by atoms with Gasteiger partial charge in [-0.05, 0) is 58.4 Å². The van der Waals surface area contributed by atoms with Gasteiger partial charge in [-0.25, -0.2) is 4.39 Å². The van der Waals surface area contributed by atoms with E-state index in [-0.39, 0.29) is 11.3 Å². The van der Waals surface area contributed by atoms with E-state index in [1.807, 2.05) is 24.3 Å². The molecule has 198 valence electrons. The van der Waals surface area contributed by atoms with Crippen LogP contribution >= 0.6 is 0 Å². The lowest BCUT2D eigenvalue weighted by atomic mass is 9.97. The van der Waals surface area contributed by atoms with E-state index in [4.69, 9.17) is 4.74 Å². The molecule has 0 bridgehead atoms. The SMILES string of the molecule is CCCCCCCCOc1ccc(-c2ccc(-c3ccc(-c4ccc(CCC)cc4)cc3)cc2)c(F)c1F. The Labute approximate surface area is 226 Å². The minimum absolute atomic E-state index is 0.0171. The monoisotopic (exact) mass is 512 g/mol. The standard InChI is InChI=1S/C35H38F2O/c1-3-5-6-7-8-9-25-38-33-24-23-32(34(36)35(33)37)31-21-19-30(20-22-31)29-17-15-28(16-18-29)27-13-11-26(10-4-2)12-14-27/h11-24H,3-10,25H2,1-2H3. The second-order valence-electron chi connectivity index (χ2n) is 9.96. The van der Waals surface area contributed by atoms with Gasteiger partial charge in [0.05, 0.1) is 6.61 Å². The van der Waals surface area contributed by atoms with Crippen molar-refractivity contribution in [3.05, 3.63) is 102 Å². The van der Waals surface area contributed by atoms with Crippen LogP contribution < -0.4 is 4.74 Å². The molecule has 0 aliphatic heterocycles. The lowest BCUT2D eigenvalue weighted by Crippen LogP contribution is -2.01. The van der Waals surface area contributed by atoms with E-state index < -0.39 is 11.6 Å². The van der Waals surface area contributed by atoms with Crippen molar-refractivity contribution >= 4 is 0 Å². The average molecular weight is 513 g/mol. The molecule has 0 unspecified atom stereocenters. The molecule has 38 heavy (non-hydrogen) atoms. The summed E-state index contributed by atoms with van der Waals surface area (Å²) in [4.78, 5) is 0. The quantitative estimate of drug-likeness (QED) is 0.162. The molecular formula is C35H38F2O. The Balaban J connectivity index is 1.39. The van der Waals surface area contributed by atoms with Gasteiger partial charge < -0.3 is 4.74 Å². The van der Waals surface area contributed by atoms with Crippen LogP contribution in [0.25, 0.3) is 33.4 Å². The fourth-order valence-electron chi connectivity index (χ4n) is 4.78. The Morgan fingerprint density at radius 3 is 1.55 bits per heavy atom. The van der Waals surface area contributed by atoms with Gasteiger partial charge >= 0.3 is 0 Å². The molecule has 0 aliphatic carbocycles. The molecule has 0 aliphatic rings. The molecular weight excluding hydrogens is 474 g/mol. The van der Waals surface area contributed by atoms with E-state index in [0.29, 0.717) is 12.2 Å². The molecule has 4 rings (SSSR count). The predicted molar refractivity (Wildman–Crippen MR) is 156 cm³/mol. The average Bonchev–Trinajstić information content (AvgIpc) is 2.96. The van der Waals surface area contributed by atoms with Gasteiger partial charge in [-0.1, -0.05) is 125 Å². The third-order valence-corrected chi connectivity index (χ3v) is 7.04. The smallest absolute Gasteiger partial charge is 0.201 e. The van der Waals surface area contributed by atoms with Crippen LogP contribution in [0.5, 0.6) is 5.75 Å². The number of hydrogen-bond acceptors (Lipinski definition) is 1. The third-order valence-electron chi connectivity index (χ3n) is 7.04. The second kappa shape index (κ2) is 13.9. The highest BCUT2D eigenvalue weighted by molar-refractivity contribution is 5.73. The van der Waals surface area contributed by atoms with Gasteiger partial charge in [0.15, 0.2) is 11.6 Å². The van der Waals surface area contributed by atoms with Crippen LogP contribution in [0.2, 0.25) is 0 Å². The zero-order valence-corrected chi connectivity index (χ0v) is 22.6. The maximum atomic E-state index is 14.9. The summed E-state index contributed by atoms with van der Waals surface area (Å²) in [6.07, 6.45) is 8.95. The number of ether oxygens (including phenoxy) is 1. The molecule has 0 saturated carbocycles. The number of rotatable bonds is 13. The van der Waals surface area contributed by atoms with E-state index in [1.165, 1.54) is 42.0 Å². The van der Waals surface area contributed by atoms with E-state index in [0.717, 1.165) is 43.2 Å². The topological polar surface area (TPSA) is 9.23 Å². The summed E-state index contributed by atoms with van der Waals surface area (Å²) in [7, 11) is 0. The first kappa shape index (κ1) is 27.6. The van der Waals surface area contributed by atoms with Gasteiger partial charge in [0.2, 0.25) is 5.82 Å². The van der Waals surface area contributed by atoms with Gasteiger partial charge in [0.25, 0.3) is 0 Å². The van der Waals surface area contributed by atoms with E-state index >= 15 is 0 Å². The van der Waals surface area contributed by atoms with Gasteiger partial charge in [0.1, 0.15) is 0 Å². The largest absolute Gasteiger partial charge is 0.490 e. The Morgan fingerprint density at radius 2 is 1.00 bits per heavy atom. The number of unbranched alkanes of at least 4 members (excludes halogenated alkanes) is 5. The maximum Gasteiger partial charge on any atom is 0.201 e. The molecule has 0 radical (unpaired) electrons. The van der Waals surface area contributed by atoms with Crippen LogP contribution in [0.3, 0.4) is 0 Å². The molecule has 0 fully saturated rings. The number of halogens is 2. The Kier molecular flexibility index (Phi) is 10.1. The van der Waals surface area contributed by atoms with Crippen molar-refractivity contribution in [2.75, 3.05) is 6.61 Å². The van der Waals surface area contributed by atoms with Crippen molar-refractivity contribution in [3.63, 3.8) is 0 Å². The van der Waals surface area contributed by atoms with Crippen molar-refractivity contribution in [1.82, 2.24) is 0 Å². The first-order chi connectivity index (χ1) is 18.6. The molecule has 0 atom stereocenters. The highest BCUT2D eigenvalue weighted by Crippen LogP contribution is 2.32. The summed E-state index contributed by atoms with van der Waals surface area (Å²) in [5.74, 6) is -1.81. The predicted octanol–water partition coefficient (Wildman–Crippen LogP) is 10.7. The third kappa shape index (κ3) is 7.10. The summed E-state index contributed by atoms with van der Waals surface area (Å²) < 4.78 is 35.1. The van der Waals surface area contributed by atoms with Gasteiger partial charge in [-0.15, -0.1) is 0 Å². The Bertz CT molecular complexity index is 1280. The highest BCUT2D eigenvalue weighted by atomic mass is 19.2. The molecule has 0 saturated heterocycles. The van der Waals surface area contributed by atoms with Crippen molar-refractivity contribution in [2.45, 2.75) is 65.2 Å². The van der Waals surface area contributed by atoms with Crippen LogP contribution in [0.15, 0.2) is 84.9 Å². The Morgan fingerprint density at radius 1 is 0.500 bits per heavy atom. The molecule has 0 heterocycles. The van der Waals surface area contributed by atoms with E-state index in [2.05, 4.69) is 62.4 Å². The zero-order chi connectivity index (χ0) is 26.7. The summed E-state index contributed by atoms with van der Waals surface area (Å²) >= 11 is 0. The fraction of sp³-hybridized carbons (Fsp3) is 0.314. The normalized spacial score (nSPS) is 11.1. The fourth-order valence-corrected chi connectivity index (χ4v) is 4.78. The molecule has 0 amide bonds. The first-order valence-corrected chi connectivity index (χ1v) is 14.0. The van der Waals surface area contributed by atoms with E-state index in [1.54, 1.807) is 6.07 Å². The zero-order valence-electron chi connectivity index (χ0n) is 22.6. The summed E-state index contributed by atoms with van der Waals surface area (Å²) in [5, 5.41) is 0. The first-order valence-electron chi connectivity index (χ1n) is 14.0. The molecule has 4 aromatic rings. The van der Waals surface area contributed by atoms with Crippen molar-refractivity contribution in [3.8, 4) is 39.1 Å². The second-order valence-corrected chi connectivity index (χ2v) is 9.96. The van der Waals surface area contributed by atoms with Crippen LogP contribution in [-0.2, 0) is 6.42 Å². The van der Waals surface area contributed by atoms with Crippen LogP contribution in [-0.4, -0.2) is 6.61 Å². The molecule has 3 heteroatoms. The lowest BCUT2D eigenvalue weighted by molar-refractivity contribution is 0.285. The summed E-state index contributed by atoms with van der Waals surface area (Å²) in [6, 6.07) is 27.9.